The van der Waals surface area contributed by atoms with Crippen LogP contribution in [0.2, 0.25) is 0 Å². The number of aromatic amines is 1. The van der Waals surface area contributed by atoms with Crippen LogP contribution >= 0.6 is 0 Å². The van der Waals surface area contributed by atoms with E-state index in [-0.39, 0.29) is 0 Å². The highest BCUT2D eigenvalue weighted by Crippen LogP contribution is 2.39. The first kappa shape index (κ1) is 13.7. The number of H-pyrrole nitrogens is 1. The van der Waals surface area contributed by atoms with Crippen molar-refractivity contribution < 1.29 is 5.11 Å². The molecule has 3 heterocycles. The van der Waals surface area contributed by atoms with E-state index in [0.29, 0.717) is 12.0 Å². The number of hydrogen-bond donors (Lipinski definition) is 3. The molecule has 1 aliphatic rings. The summed E-state index contributed by atoms with van der Waals surface area (Å²) in [5, 5.41) is 11.2. The van der Waals surface area contributed by atoms with Crippen molar-refractivity contribution in [2.75, 3.05) is 6.54 Å². The van der Waals surface area contributed by atoms with Gasteiger partial charge in [-0.15, -0.1) is 0 Å². The van der Waals surface area contributed by atoms with E-state index in [1.165, 1.54) is 0 Å². The van der Waals surface area contributed by atoms with E-state index >= 15 is 0 Å². The lowest BCUT2D eigenvalue weighted by Gasteiger charge is -2.18. The van der Waals surface area contributed by atoms with Crippen molar-refractivity contribution >= 4 is 22.1 Å². The van der Waals surface area contributed by atoms with Crippen molar-refractivity contribution in [3.8, 4) is 0 Å². The average Bonchev–Trinajstić information content (AvgIpc) is 3.22. The van der Waals surface area contributed by atoms with Gasteiger partial charge in [0.15, 0.2) is 0 Å². The minimum Gasteiger partial charge on any atom is -0.385 e. The summed E-state index contributed by atoms with van der Waals surface area (Å²) < 4.78 is 2.23. The number of pyridine rings is 1. The fourth-order valence-electron chi connectivity index (χ4n) is 3.77. The van der Waals surface area contributed by atoms with Crippen LogP contribution in [0.4, 0.5) is 0 Å². The molecule has 0 aliphatic heterocycles. The third-order valence-corrected chi connectivity index (χ3v) is 4.85. The monoisotopic (exact) mass is 299 g/mol. The van der Waals surface area contributed by atoms with Crippen LogP contribution in [0.3, 0.4) is 0 Å². The zero-order valence-electron chi connectivity index (χ0n) is 12.7. The molecule has 1 fully saturated rings. The van der Waals surface area contributed by atoms with Gasteiger partial charge in [0.2, 0.25) is 0 Å². The van der Waals surface area contributed by atoms with Crippen LogP contribution in [0.15, 0.2) is 18.5 Å². The Hall–Kier alpha value is -1.92. The minimum absolute atomic E-state index is 0.351. The van der Waals surface area contributed by atoms with Crippen molar-refractivity contribution in [3.63, 3.8) is 0 Å². The molecule has 6 heteroatoms. The van der Waals surface area contributed by atoms with Gasteiger partial charge in [-0.2, -0.15) is 0 Å². The summed E-state index contributed by atoms with van der Waals surface area (Å²) in [6, 6.07) is 2.38. The van der Waals surface area contributed by atoms with Crippen molar-refractivity contribution in [1.82, 2.24) is 19.5 Å². The molecule has 0 spiro atoms. The minimum atomic E-state index is -0.599. The summed E-state index contributed by atoms with van der Waals surface area (Å²) in [6.07, 6.45) is 6.36. The summed E-state index contributed by atoms with van der Waals surface area (Å²) >= 11 is 0. The van der Waals surface area contributed by atoms with Gasteiger partial charge in [0, 0.05) is 17.6 Å². The summed E-state index contributed by atoms with van der Waals surface area (Å²) in [5.74, 6) is 1.29. The lowest BCUT2D eigenvalue weighted by atomic mass is 10.1. The second kappa shape index (κ2) is 5.07. The molecular weight excluding hydrogens is 278 g/mol. The Labute approximate surface area is 128 Å². The molecule has 0 aromatic carbocycles. The third-order valence-electron chi connectivity index (χ3n) is 4.85. The molecule has 6 nitrogen and oxygen atoms in total. The fourth-order valence-corrected chi connectivity index (χ4v) is 3.77. The second-order valence-electron chi connectivity index (χ2n) is 6.32. The first-order chi connectivity index (χ1) is 10.7. The number of nitrogens with one attached hydrogen (secondary N) is 1. The molecule has 0 saturated heterocycles. The Bertz CT molecular complexity index is 819. The highest BCUT2D eigenvalue weighted by molar-refractivity contribution is 6.01. The van der Waals surface area contributed by atoms with Crippen molar-refractivity contribution in [3.05, 3.63) is 24.3 Å². The number of aliphatic hydroxyl groups excluding tert-OH is 1. The number of rotatable bonds is 3. The lowest BCUT2D eigenvalue weighted by Crippen LogP contribution is -2.14. The van der Waals surface area contributed by atoms with Gasteiger partial charge in [0.05, 0.1) is 11.7 Å². The summed E-state index contributed by atoms with van der Waals surface area (Å²) in [4.78, 5) is 12.2. The molecule has 0 unspecified atom stereocenters. The molecule has 22 heavy (non-hydrogen) atoms. The number of aromatic nitrogens is 4. The number of nitrogens with two attached hydrogens (primary N) is 1. The van der Waals surface area contributed by atoms with E-state index in [0.717, 1.165) is 53.7 Å². The second-order valence-corrected chi connectivity index (χ2v) is 6.32. The number of imidazole rings is 1. The third kappa shape index (κ3) is 1.94. The van der Waals surface area contributed by atoms with Crippen LogP contribution < -0.4 is 5.73 Å². The van der Waals surface area contributed by atoms with Gasteiger partial charge >= 0.3 is 0 Å². The van der Waals surface area contributed by atoms with Gasteiger partial charge in [-0.25, -0.2) is 9.97 Å². The maximum absolute atomic E-state index is 10.2. The predicted octanol–water partition coefficient (Wildman–Crippen LogP) is 2.27. The maximum atomic E-state index is 10.2. The van der Waals surface area contributed by atoms with Gasteiger partial charge in [-0.3, -0.25) is 0 Å². The Kier molecular flexibility index (Phi) is 3.16. The van der Waals surface area contributed by atoms with Crippen molar-refractivity contribution in [2.24, 2.45) is 11.7 Å². The highest BCUT2D eigenvalue weighted by Gasteiger charge is 2.30. The van der Waals surface area contributed by atoms with Crippen molar-refractivity contribution in [1.29, 1.82) is 0 Å². The van der Waals surface area contributed by atoms with Gasteiger partial charge in [-0.05, 0) is 44.7 Å². The van der Waals surface area contributed by atoms with Gasteiger partial charge in [0.1, 0.15) is 23.1 Å². The standard InChI is InChI=1S/C16H21N5O/c1-9(22)16-20-13-8-19-15-12(4-5-18-15)14(13)21(16)11-3-2-10(6-11)7-17/h4-5,8-11,22H,2-3,6-7,17H2,1H3,(H,18,19)/t9-,10-,11+/m1/s1. The van der Waals surface area contributed by atoms with Crippen LogP contribution in [-0.4, -0.2) is 31.2 Å². The quantitative estimate of drug-likeness (QED) is 0.691. The maximum Gasteiger partial charge on any atom is 0.139 e. The van der Waals surface area contributed by atoms with E-state index in [1.807, 2.05) is 12.3 Å². The Morgan fingerprint density at radius 2 is 2.36 bits per heavy atom. The Balaban J connectivity index is 1.97. The smallest absolute Gasteiger partial charge is 0.139 e. The zero-order valence-corrected chi connectivity index (χ0v) is 12.7. The average molecular weight is 299 g/mol. The van der Waals surface area contributed by atoms with Gasteiger partial charge in [-0.1, -0.05) is 0 Å². The molecular formula is C16H21N5O. The predicted molar refractivity (Wildman–Crippen MR) is 85.5 cm³/mol. The van der Waals surface area contributed by atoms with E-state index in [9.17, 15) is 5.11 Å². The molecule has 116 valence electrons. The van der Waals surface area contributed by atoms with E-state index in [4.69, 9.17) is 5.73 Å². The van der Waals surface area contributed by atoms with Crippen LogP contribution in [0.5, 0.6) is 0 Å². The SMILES string of the molecule is C[C@@H](O)c1nc2cnc3[nH]ccc3c2n1[C@H]1CC[C@@H](CN)C1. The van der Waals surface area contributed by atoms with Crippen molar-refractivity contribution in [2.45, 2.75) is 38.3 Å². The van der Waals surface area contributed by atoms with E-state index in [1.54, 1.807) is 13.1 Å². The van der Waals surface area contributed by atoms with Crippen LogP contribution in [0, 0.1) is 5.92 Å². The van der Waals surface area contributed by atoms with Crippen LogP contribution in [0.1, 0.15) is 44.2 Å². The van der Waals surface area contributed by atoms with E-state index in [2.05, 4.69) is 19.5 Å². The van der Waals surface area contributed by atoms with Crippen LogP contribution in [0.25, 0.3) is 22.1 Å². The molecule has 0 radical (unpaired) electrons. The fraction of sp³-hybridized carbons (Fsp3) is 0.500. The molecule has 3 aromatic rings. The summed E-state index contributed by atoms with van der Waals surface area (Å²) in [5.41, 5.74) is 8.63. The normalized spacial score (nSPS) is 23.6. The van der Waals surface area contributed by atoms with Gasteiger partial charge in [0.25, 0.3) is 0 Å². The molecule has 4 rings (SSSR count). The number of aliphatic hydroxyl groups is 1. The number of hydrogen-bond acceptors (Lipinski definition) is 4. The molecule has 0 amide bonds. The zero-order chi connectivity index (χ0) is 15.3. The molecule has 0 bridgehead atoms. The topological polar surface area (TPSA) is 92.8 Å². The molecule has 1 saturated carbocycles. The first-order valence-corrected chi connectivity index (χ1v) is 7.91. The Morgan fingerprint density at radius 3 is 3.09 bits per heavy atom. The van der Waals surface area contributed by atoms with Crippen LogP contribution in [-0.2, 0) is 0 Å². The largest absolute Gasteiger partial charge is 0.385 e. The molecule has 1 aliphatic carbocycles. The summed E-state index contributed by atoms with van der Waals surface area (Å²) in [6.45, 7) is 2.50. The molecule has 4 N–H and O–H groups in total. The number of fused-ring (bicyclic) bond motifs is 3. The summed E-state index contributed by atoms with van der Waals surface area (Å²) in [7, 11) is 0. The highest BCUT2D eigenvalue weighted by atomic mass is 16.3. The Morgan fingerprint density at radius 1 is 1.50 bits per heavy atom. The van der Waals surface area contributed by atoms with Gasteiger partial charge < -0.3 is 20.4 Å². The lowest BCUT2D eigenvalue weighted by molar-refractivity contribution is 0.181. The first-order valence-electron chi connectivity index (χ1n) is 7.91. The number of nitrogens with zero attached hydrogens (tertiary/aromatic N) is 3. The van der Waals surface area contributed by atoms with E-state index < -0.39 is 6.10 Å². The molecule has 3 aromatic heterocycles. The molecule has 3 atom stereocenters.